The summed E-state index contributed by atoms with van der Waals surface area (Å²) in [6, 6.07) is 13.4. The molecule has 0 amide bonds. The molecule has 0 radical (unpaired) electrons. The first kappa shape index (κ1) is 18.5. The zero-order valence-corrected chi connectivity index (χ0v) is 16.7. The highest BCUT2D eigenvalue weighted by molar-refractivity contribution is 6.30. The maximum Gasteiger partial charge on any atom is 0.255 e. The van der Waals surface area contributed by atoms with Crippen molar-refractivity contribution in [1.29, 1.82) is 0 Å². The van der Waals surface area contributed by atoms with Gasteiger partial charge >= 0.3 is 0 Å². The van der Waals surface area contributed by atoms with Crippen LogP contribution in [0.4, 0.5) is 11.6 Å². The Labute approximate surface area is 169 Å². The molecular formula is C21H22ClN5O. The normalized spacial score (nSPS) is 17.0. The number of rotatable bonds is 3. The van der Waals surface area contributed by atoms with E-state index in [1.54, 1.807) is 30.1 Å². The van der Waals surface area contributed by atoms with E-state index in [0.717, 1.165) is 35.9 Å². The van der Waals surface area contributed by atoms with Gasteiger partial charge in [-0.15, -0.1) is 0 Å². The maximum atomic E-state index is 12.6. The number of hydrogen-bond donors (Lipinski definition) is 0. The second kappa shape index (κ2) is 7.64. The average Bonchev–Trinajstić information content (AvgIpc) is 2.71. The molecule has 2 aromatic heterocycles. The minimum atomic E-state index is -0.0656. The number of pyridine rings is 1. The van der Waals surface area contributed by atoms with Gasteiger partial charge in [0, 0.05) is 67.5 Å². The molecule has 0 saturated carbocycles. The molecule has 144 valence electrons. The summed E-state index contributed by atoms with van der Waals surface area (Å²) in [4.78, 5) is 26.0. The van der Waals surface area contributed by atoms with Crippen LogP contribution in [-0.2, 0) is 7.05 Å². The number of halogens is 1. The van der Waals surface area contributed by atoms with Crippen LogP contribution >= 0.6 is 11.6 Å². The van der Waals surface area contributed by atoms with Crippen LogP contribution in [0, 0.1) is 0 Å². The lowest BCUT2D eigenvalue weighted by Crippen LogP contribution is -2.53. The molecule has 28 heavy (non-hydrogen) atoms. The molecule has 7 heteroatoms. The standard InChI is InChI=1S/C21H22ClN5O/c1-15-14-26(18-5-3-17(22)4-6-18)11-12-27(15)21-24-19(13-20(28)25(21)2)16-7-9-23-10-8-16/h3-10,13,15H,11-12,14H2,1-2H3/t15-/m1/s1. The van der Waals surface area contributed by atoms with Gasteiger partial charge in [-0.2, -0.15) is 0 Å². The van der Waals surface area contributed by atoms with Crippen molar-refractivity contribution in [3.63, 3.8) is 0 Å². The Bertz CT molecular complexity index is 1020. The highest BCUT2D eigenvalue weighted by Gasteiger charge is 2.27. The van der Waals surface area contributed by atoms with E-state index < -0.39 is 0 Å². The smallest absolute Gasteiger partial charge is 0.255 e. The monoisotopic (exact) mass is 395 g/mol. The number of nitrogens with zero attached hydrogens (tertiary/aromatic N) is 5. The van der Waals surface area contributed by atoms with Crippen molar-refractivity contribution < 1.29 is 0 Å². The Morgan fingerprint density at radius 1 is 1.07 bits per heavy atom. The van der Waals surface area contributed by atoms with Gasteiger partial charge in [-0.3, -0.25) is 14.3 Å². The van der Waals surface area contributed by atoms with Gasteiger partial charge in [-0.05, 0) is 43.3 Å². The molecule has 1 aromatic carbocycles. The molecule has 4 rings (SSSR count). The predicted molar refractivity (Wildman–Crippen MR) is 113 cm³/mol. The molecule has 1 saturated heterocycles. The van der Waals surface area contributed by atoms with Gasteiger partial charge in [-0.25, -0.2) is 4.98 Å². The Morgan fingerprint density at radius 3 is 2.46 bits per heavy atom. The molecule has 6 nitrogen and oxygen atoms in total. The Kier molecular flexibility index (Phi) is 5.05. The van der Waals surface area contributed by atoms with Crippen molar-refractivity contribution in [3.05, 3.63) is 70.2 Å². The fraction of sp³-hybridized carbons (Fsp3) is 0.286. The summed E-state index contributed by atoms with van der Waals surface area (Å²) < 4.78 is 1.62. The van der Waals surface area contributed by atoms with Crippen molar-refractivity contribution in [2.24, 2.45) is 7.05 Å². The van der Waals surface area contributed by atoms with Crippen LogP contribution in [0.5, 0.6) is 0 Å². The number of benzene rings is 1. The number of anilines is 2. The molecule has 0 aliphatic carbocycles. The molecular weight excluding hydrogens is 374 g/mol. The van der Waals surface area contributed by atoms with E-state index in [0.29, 0.717) is 11.6 Å². The first-order valence-electron chi connectivity index (χ1n) is 9.28. The van der Waals surface area contributed by atoms with Crippen molar-refractivity contribution >= 4 is 23.2 Å². The molecule has 1 aliphatic rings. The third kappa shape index (κ3) is 3.60. The molecule has 0 spiro atoms. The van der Waals surface area contributed by atoms with Crippen molar-refractivity contribution in [1.82, 2.24) is 14.5 Å². The van der Waals surface area contributed by atoms with Crippen LogP contribution in [0.2, 0.25) is 5.02 Å². The third-order valence-corrected chi connectivity index (χ3v) is 5.42. The lowest BCUT2D eigenvalue weighted by Gasteiger charge is -2.42. The molecule has 3 aromatic rings. The van der Waals surface area contributed by atoms with Gasteiger partial charge in [-0.1, -0.05) is 11.6 Å². The van der Waals surface area contributed by atoms with Crippen molar-refractivity contribution in [2.45, 2.75) is 13.0 Å². The third-order valence-electron chi connectivity index (χ3n) is 5.16. The summed E-state index contributed by atoms with van der Waals surface area (Å²) in [6.45, 7) is 4.63. The van der Waals surface area contributed by atoms with Crippen molar-refractivity contribution in [2.75, 3.05) is 29.4 Å². The molecule has 3 heterocycles. The molecule has 0 bridgehead atoms. The molecule has 0 unspecified atom stereocenters. The lowest BCUT2D eigenvalue weighted by molar-refractivity contribution is 0.530. The molecule has 1 atom stereocenters. The van der Waals surface area contributed by atoms with Crippen LogP contribution < -0.4 is 15.4 Å². The Hall–Kier alpha value is -2.86. The summed E-state index contributed by atoms with van der Waals surface area (Å²) in [5, 5.41) is 0.738. The van der Waals surface area contributed by atoms with Crippen molar-refractivity contribution in [3.8, 4) is 11.3 Å². The molecule has 1 fully saturated rings. The zero-order valence-electron chi connectivity index (χ0n) is 15.9. The van der Waals surface area contributed by atoms with E-state index in [-0.39, 0.29) is 11.6 Å². The minimum Gasteiger partial charge on any atom is -0.368 e. The largest absolute Gasteiger partial charge is 0.368 e. The second-order valence-corrected chi connectivity index (χ2v) is 7.48. The highest BCUT2D eigenvalue weighted by Crippen LogP contribution is 2.25. The summed E-state index contributed by atoms with van der Waals surface area (Å²) >= 11 is 6.01. The number of piperazine rings is 1. The Balaban J connectivity index is 1.62. The number of hydrogen-bond acceptors (Lipinski definition) is 5. The summed E-state index contributed by atoms with van der Waals surface area (Å²) in [7, 11) is 1.78. The zero-order chi connectivity index (χ0) is 19.7. The molecule has 1 aliphatic heterocycles. The molecule has 0 N–H and O–H groups in total. The summed E-state index contributed by atoms with van der Waals surface area (Å²) in [5.74, 6) is 0.697. The van der Waals surface area contributed by atoms with E-state index in [1.807, 2.05) is 36.4 Å². The van der Waals surface area contributed by atoms with Gasteiger partial charge < -0.3 is 9.80 Å². The predicted octanol–water partition coefficient (Wildman–Crippen LogP) is 3.21. The van der Waals surface area contributed by atoms with Crippen LogP contribution in [0.1, 0.15) is 6.92 Å². The summed E-state index contributed by atoms with van der Waals surface area (Å²) in [6.07, 6.45) is 3.42. The van der Waals surface area contributed by atoms with Gasteiger partial charge in [0.25, 0.3) is 5.56 Å². The van der Waals surface area contributed by atoms with E-state index in [4.69, 9.17) is 16.6 Å². The quantitative estimate of drug-likeness (QED) is 0.681. The fourth-order valence-corrected chi connectivity index (χ4v) is 3.72. The maximum absolute atomic E-state index is 12.6. The van der Waals surface area contributed by atoms with E-state index >= 15 is 0 Å². The van der Waals surface area contributed by atoms with E-state index in [1.165, 1.54) is 0 Å². The van der Waals surface area contributed by atoms with Gasteiger partial charge in [0.1, 0.15) is 0 Å². The van der Waals surface area contributed by atoms with E-state index in [9.17, 15) is 4.79 Å². The first-order valence-corrected chi connectivity index (χ1v) is 9.66. The lowest BCUT2D eigenvalue weighted by atomic mass is 10.1. The topological polar surface area (TPSA) is 54.3 Å². The van der Waals surface area contributed by atoms with Crippen LogP contribution in [0.3, 0.4) is 0 Å². The highest BCUT2D eigenvalue weighted by atomic mass is 35.5. The Morgan fingerprint density at radius 2 is 1.79 bits per heavy atom. The van der Waals surface area contributed by atoms with Crippen LogP contribution in [-0.4, -0.2) is 40.2 Å². The first-order chi connectivity index (χ1) is 13.5. The van der Waals surface area contributed by atoms with Gasteiger partial charge in [0.2, 0.25) is 5.95 Å². The van der Waals surface area contributed by atoms with E-state index in [2.05, 4.69) is 21.7 Å². The SMILES string of the molecule is C[C@@H]1CN(c2ccc(Cl)cc2)CCN1c1nc(-c2ccncc2)cc(=O)n1C. The summed E-state index contributed by atoms with van der Waals surface area (Å²) in [5.41, 5.74) is 2.65. The number of aromatic nitrogens is 3. The second-order valence-electron chi connectivity index (χ2n) is 7.04. The fourth-order valence-electron chi connectivity index (χ4n) is 3.60. The average molecular weight is 396 g/mol. The van der Waals surface area contributed by atoms with Crippen LogP contribution in [0.15, 0.2) is 59.7 Å². The minimum absolute atomic E-state index is 0.0656. The van der Waals surface area contributed by atoms with Crippen LogP contribution in [0.25, 0.3) is 11.3 Å². The van der Waals surface area contributed by atoms with Gasteiger partial charge in [0.15, 0.2) is 0 Å². The van der Waals surface area contributed by atoms with Gasteiger partial charge in [0.05, 0.1) is 5.69 Å².